The van der Waals surface area contributed by atoms with Gasteiger partial charge in [0, 0.05) is 12.1 Å². The summed E-state index contributed by atoms with van der Waals surface area (Å²) in [4.78, 5) is 16.2. The molecule has 0 aromatic carbocycles. The van der Waals surface area contributed by atoms with E-state index in [1.807, 2.05) is 0 Å². The molecule has 0 bridgehead atoms. The zero-order valence-electron chi connectivity index (χ0n) is 10.6. The zero-order chi connectivity index (χ0) is 14.0. The Morgan fingerprint density at radius 2 is 1.89 bits per heavy atom. The van der Waals surface area contributed by atoms with Crippen molar-refractivity contribution in [3.05, 3.63) is 0 Å². The number of rotatable bonds is 6. The molecule has 1 rings (SSSR count). The fourth-order valence-electron chi connectivity index (χ4n) is 2.38. The van der Waals surface area contributed by atoms with E-state index in [0.717, 1.165) is 38.5 Å². The molecule has 6 nitrogen and oxygen atoms in total. The number of hydrogen-bond acceptors (Lipinski definition) is 6. The largest absolute Gasteiger partial charge is 0.451 e. The summed E-state index contributed by atoms with van der Waals surface area (Å²) < 4.78 is 0. The second-order valence-electron chi connectivity index (χ2n) is 4.85. The van der Waals surface area contributed by atoms with Crippen LogP contribution in [0.2, 0.25) is 6.32 Å². The highest BCUT2D eigenvalue weighted by Gasteiger charge is 2.26. The van der Waals surface area contributed by atoms with E-state index in [2.05, 4.69) is 0 Å². The van der Waals surface area contributed by atoms with Crippen LogP contribution < -0.4 is 11.5 Å². The van der Waals surface area contributed by atoms with Crippen LogP contribution in [0, 0.1) is 5.92 Å². The van der Waals surface area contributed by atoms with Crippen molar-refractivity contribution < 1.29 is 19.6 Å². The summed E-state index contributed by atoms with van der Waals surface area (Å²) in [6, 6.07) is 0.592. The lowest BCUT2D eigenvalue weighted by Crippen LogP contribution is -2.29. The highest BCUT2D eigenvalue weighted by Crippen LogP contribution is 2.28. The predicted molar refractivity (Wildman–Crippen MR) is 67.1 cm³/mol. The van der Waals surface area contributed by atoms with Gasteiger partial charge in [0.05, 0.1) is 0 Å². The average molecular weight is 258 g/mol. The SMILES string of the molecule is NC1CC[C@@H](C(N)CCCCB(O)O)C1.O=C=O. The van der Waals surface area contributed by atoms with Crippen molar-refractivity contribution in [1.29, 1.82) is 0 Å². The minimum atomic E-state index is -1.17. The van der Waals surface area contributed by atoms with E-state index < -0.39 is 7.12 Å². The smallest absolute Gasteiger partial charge is 0.427 e. The maximum Gasteiger partial charge on any atom is 0.451 e. The molecule has 0 radical (unpaired) electrons. The molecular weight excluding hydrogens is 235 g/mol. The molecule has 1 fully saturated rings. The summed E-state index contributed by atoms with van der Waals surface area (Å²) in [5, 5.41) is 17.3. The Morgan fingerprint density at radius 3 is 2.33 bits per heavy atom. The second-order valence-corrected chi connectivity index (χ2v) is 4.85. The molecule has 104 valence electrons. The van der Waals surface area contributed by atoms with Gasteiger partial charge in [-0.3, -0.25) is 0 Å². The van der Waals surface area contributed by atoms with Crippen LogP contribution in [0.15, 0.2) is 0 Å². The molecule has 0 heterocycles. The normalized spacial score (nSPS) is 23.8. The molecular formula is C11H23BN2O4. The van der Waals surface area contributed by atoms with E-state index >= 15 is 0 Å². The second kappa shape index (κ2) is 10.2. The third-order valence-electron chi connectivity index (χ3n) is 3.37. The fourth-order valence-corrected chi connectivity index (χ4v) is 2.38. The zero-order valence-corrected chi connectivity index (χ0v) is 10.6. The van der Waals surface area contributed by atoms with Crippen LogP contribution >= 0.6 is 0 Å². The third-order valence-corrected chi connectivity index (χ3v) is 3.37. The van der Waals surface area contributed by atoms with Crippen LogP contribution in [0.1, 0.15) is 38.5 Å². The van der Waals surface area contributed by atoms with Gasteiger partial charge < -0.3 is 21.5 Å². The molecule has 18 heavy (non-hydrogen) atoms. The maximum atomic E-state index is 8.67. The Hall–Kier alpha value is -0.715. The van der Waals surface area contributed by atoms with Gasteiger partial charge in [0.2, 0.25) is 0 Å². The summed E-state index contributed by atoms with van der Waals surface area (Å²) in [5.41, 5.74) is 11.9. The number of hydrogen-bond donors (Lipinski definition) is 4. The van der Waals surface area contributed by atoms with Crippen LogP contribution in [0.4, 0.5) is 0 Å². The van der Waals surface area contributed by atoms with Crippen LogP contribution in [-0.4, -0.2) is 35.4 Å². The van der Waals surface area contributed by atoms with Gasteiger partial charge in [0.15, 0.2) is 0 Å². The molecule has 0 aliphatic heterocycles. The standard InChI is InChI=1S/C10H23BN2O2.CO2/c12-9-5-4-8(7-9)10(13)3-1-2-6-11(14)15;2-1-3/h8-10,14-15H,1-7,12-13H2;/t8-,9?,10?;/m1./s1. The van der Waals surface area contributed by atoms with Gasteiger partial charge in [-0.2, -0.15) is 9.59 Å². The van der Waals surface area contributed by atoms with Crippen LogP contribution in [-0.2, 0) is 9.59 Å². The number of unbranched alkanes of at least 4 members (excludes halogenated alkanes) is 1. The fraction of sp³-hybridized carbons (Fsp3) is 0.909. The summed E-state index contributed by atoms with van der Waals surface area (Å²) in [6.07, 6.45) is 6.82. The Labute approximate surface area is 108 Å². The lowest BCUT2D eigenvalue weighted by atomic mass is 9.82. The minimum Gasteiger partial charge on any atom is -0.427 e. The van der Waals surface area contributed by atoms with Crippen molar-refractivity contribution in [2.75, 3.05) is 0 Å². The monoisotopic (exact) mass is 258 g/mol. The van der Waals surface area contributed by atoms with E-state index in [4.69, 9.17) is 31.1 Å². The molecule has 1 aliphatic rings. The van der Waals surface area contributed by atoms with Crippen LogP contribution in [0.3, 0.4) is 0 Å². The average Bonchev–Trinajstić information content (AvgIpc) is 2.72. The van der Waals surface area contributed by atoms with E-state index in [-0.39, 0.29) is 12.2 Å². The first kappa shape index (κ1) is 17.3. The van der Waals surface area contributed by atoms with Crippen molar-refractivity contribution in [2.24, 2.45) is 17.4 Å². The van der Waals surface area contributed by atoms with Crippen LogP contribution in [0.25, 0.3) is 0 Å². The van der Waals surface area contributed by atoms with Crippen molar-refractivity contribution in [3.8, 4) is 0 Å². The third kappa shape index (κ3) is 8.39. The van der Waals surface area contributed by atoms with Crippen molar-refractivity contribution in [1.82, 2.24) is 0 Å². The first-order valence-electron chi connectivity index (χ1n) is 6.37. The van der Waals surface area contributed by atoms with E-state index in [1.165, 1.54) is 0 Å². The summed E-state index contributed by atoms with van der Waals surface area (Å²) in [7, 11) is -1.17. The molecule has 1 saturated carbocycles. The van der Waals surface area contributed by atoms with Gasteiger partial charge in [-0.05, 0) is 37.9 Å². The van der Waals surface area contributed by atoms with Crippen molar-refractivity contribution in [3.63, 3.8) is 0 Å². The summed E-state index contributed by atoms with van der Waals surface area (Å²) in [5.74, 6) is 0.582. The van der Waals surface area contributed by atoms with Gasteiger partial charge in [-0.15, -0.1) is 0 Å². The number of carbonyl (C=O) groups excluding carboxylic acids is 2. The molecule has 6 N–H and O–H groups in total. The molecule has 0 spiro atoms. The molecule has 0 aromatic heterocycles. The summed E-state index contributed by atoms with van der Waals surface area (Å²) in [6.45, 7) is 0. The first-order chi connectivity index (χ1) is 8.51. The molecule has 0 amide bonds. The quantitative estimate of drug-likeness (QED) is 0.376. The van der Waals surface area contributed by atoms with E-state index in [9.17, 15) is 0 Å². The van der Waals surface area contributed by atoms with Gasteiger partial charge in [0.25, 0.3) is 0 Å². The van der Waals surface area contributed by atoms with Crippen molar-refractivity contribution >= 4 is 13.3 Å². The first-order valence-corrected chi connectivity index (χ1v) is 6.37. The lowest BCUT2D eigenvalue weighted by molar-refractivity contribution is -0.191. The van der Waals surface area contributed by atoms with Crippen molar-refractivity contribution in [2.45, 2.75) is 56.9 Å². The molecule has 0 saturated heterocycles. The Morgan fingerprint density at radius 1 is 1.28 bits per heavy atom. The number of nitrogens with two attached hydrogens (primary N) is 2. The Balaban J connectivity index is 0.000000873. The van der Waals surface area contributed by atoms with Crippen LogP contribution in [0.5, 0.6) is 0 Å². The topological polar surface area (TPSA) is 127 Å². The maximum absolute atomic E-state index is 8.67. The Kier molecular flexibility index (Phi) is 9.82. The van der Waals surface area contributed by atoms with Gasteiger partial charge in [-0.25, -0.2) is 0 Å². The molecule has 2 unspecified atom stereocenters. The lowest BCUT2D eigenvalue weighted by Gasteiger charge is -2.18. The molecule has 7 heteroatoms. The van der Waals surface area contributed by atoms with Gasteiger partial charge in [-0.1, -0.05) is 12.8 Å². The molecule has 1 aliphatic carbocycles. The highest BCUT2D eigenvalue weighted by molar-refractivity contribution is 6.40. The van der Waals surface area contributed by atoms with Gasteiger partial charge in [0.1, 0.15) is 0 Å². The highest BCUT2D eigenvalue weighted by atomic mass is 16.4. The van der Waals surface area contributed by atoms with Gasteiger partial charge >= 0.3 is 13.3 Å². The molecule has 0 aromatic rings. The van der Waals surface area contributed by atoms with E-state index in [0.29, 0.717) is 18.3 Å². The summed E-state index contributed by atoms with van der Waals surface area (Å²) >= 11 is 0. The predicted octanol–water partition coefficient (Wildman–Crippen LogP) is -0.499. The van der Waals surface area contributed by atoms with E-state index in [1.54, 1.807) is 0 Å². The Bertz CT molecular complexity index is 247. The molecule has 3 atom stereocenters. The minimum absolute atomic E-state index is 0.245.